The molecule has 0 aromatic rings. The molecule has 0 fully saturated rings. The number of nitrogens with zero attached hydrogens (tertiary/aromatic N) is 2. The third-order valence-electron chi connectivity index (χ3n) is 2.39. The molecule has 6 heteroatoms. The highest BCUT2D eigenvalue weighted by Crippen LogP contribution is 2.01. The molecular formula is C11H19N3O3. The van der Waals surface area contributed by atoms with Gasteiger partial charge in [-0.2, -0.15) is 5.26 Å². The molecule has 0 saturated heterocycles. The number of aliphatic carboxylic acids is 1. The Kier molecular flexibility index (Phi) is 6.91. The Bertz CT molecular complexity index is 310. The van der Waals surface area contributed by atoms with Gasteiger partial charge in [0, 0.05) is 13.6 Å². The zero-order valence-corrected chi connectivity index (χ0v) is 10.4. The van der Waals surface area contributed by atoms with Crippen molar-refractivity contribution in [1.29, 1.82) is 5.26 Å². The first-order valence-corrected chi connectivity index (χ1v) is 5.47. The molecule has 17 heavy (non-hydrogen) atoms. The lowest BCUT2D eigenvalue weighted by Crippen LogP contribution is -2.46. The monoisotopic (exact) mass is 241 g/mol. The molecule has 96 valence electrons. The fourth-order valence-electron chi connectivity index (χ4n) is 1.28. The largest absolute Gasteiger partial charge is 0.480 e. The molecule has 6 nitrogen and oxygen atoms in total. The summed E-state index contributed by atoms with van der Waals surface area (Å²) in [5.74, 6) is -1.27. The van der Waals surface area contributed by atoms with E-state index < -0.39 is 12.0 Å². The van der Waals surface area contributed by atoms with Crippen LogP contribution in [-0.4, -0.2) is 48.1 Å². The van der Waals surface area contributed by atoms with Crippen molar-refractivity contribution < 1.29 is 14.7 Å². The lowest BCUT2D eigenvalue weighted by molar-refractivity contribution is -0.140. The molecule has 0 aliphatic heterocycles. The van der Waals surface area contributed by atoms with E-state index in [2.05, 4.69) is 5.32 Å². The fourth-order valence-corrected chi connectivity index (χ4v) is 1.28. The maximum atomic E-state index is 11.6. The van der Waals surface area contributed by atoms with Crippen LogP contribution in [0.4, 0.5) is 0 Å². The molecule has 0 heterocycles. The molecule has 0 aromatic heterocycles. The first-order chi connectivity index (χ1) is 7.90. The number of carbonyl (C=O) groups excluding carboxylic acids is 1. The zero-order chi connectivity index (χ0) is 13.4. The Hall–Kier alpha value is -1.61. The average Bonchev–Trinajstić information content (AvgIpc) is 2.24. The second-order valence-corrected chi connectivity index (χ2v) is 4.16. The number of nitrogens with one attached hydrogen (secondary N) is 1. The molecule has 0 aliphatic rings. The second kappa shape index (κ2) is 7.63. The van der Waals surface area contributed by atoms with Gasteiger partial charge in [-0.05, 0) is 5.92 Å². The molecule has 1 unspecified atom stereocenters. The maximum absolute atomic E-state index is 11.6. The molecule has 0 aliphatic carbocycles. The molecule has 1 atom stereocenters. The quantitative estimate of drug-likeness (QED) is 0.657. The maximum Gasteiger partial charge on any atom is 0.320 e. The van der Waals surface area contributed by atoms with Gasteiger partial charge in [0.2, 0.25) is 5.91 Å². The highest BCUT2D eigenvalue weighted by atomic mass is 16.4. The summed E-state index contributed by atoms with van der Waals surface area (Å²) in [4.78, 5) is 23.8. The van der Waals surface area contributed by atoms with E-state index in [9.17, 15) is 9.59 Å². The highest BCUT2D eigenvalue weighted by molar-refractivity contribution is 5.79. The van der Waals surface area contributed by atoms with Crippen LogP contribution in [0.3, 0.4) is 0 Å². The molecule has 0 saturated carbocycles. The summed E-state index contributed by atoms with van der Waals surface area (Å²) >= 11 is 0. The Morgan fingerprint density at radius 2 is 2.06 bits per heavy atom. The summed E-state index contributed by atoms with van der Waals surface area (Å²) in [6.45, 7) is 3.87. The van der Waals surface area contributed by atoms with Crippen molar-refractivity contribution in [3.05, 3.63) is 0 Å². The van der Waals surface area contributed by atoms with E-state index in [-0.39, 0.29) is 24.8 Å². The summed E-state index contributed by atoms with van der Waals surface area (Å²) in [6.07, 6.45) is 0.273. The van der Waals surface area contributed by atoms with Gasteiger partial charge in [0.1, 0.15) is 6.04 Å². The minimum atomic E-state index is -0.965. The molecule has 0 rings (SSSR count). The van der Waals surface area contributed by atoms with E-state index in [0.717, 1.165) is 0 Å². The van der Waals surface area contributed by atoms with Crippen LogP contribution in [0.1, 0.15) is 20.3 Å². The smallest absolute Gasteiger partial charge is 0.320 e. The molecule has 2 N–H and O–H groups in total. The number of hydrogen-bond donors (Lipinski definition) is 2. The van der Waals surface area contributed by atoms with Gasteiger partial charge < -0.3 is 10.0 Å². The van der Waals surface area contributed by atoms with Crippen molar-refractivity contribution in [3.63, 3.8) is 0 Å². The number of rotatable bonds is 7. The van der Waals surface area contributed by atoms with Gasteiger partial charge in [-0.25, -0.2) is 0 Å². The van der Waals surface area contributed by atoms with Gasteiger partial charge >= 0.3 is 5.97 Å². The average molecular weight is 241 g/mol. The molecule has 0 aromatic carbocycles. The number of nitriles is 1. The van der Waals surface area contributed by atoms with Gasteiger partial charge in [0.15, 0.2) is 0 Å². The Labute approximate surface area is 101 Å². The van der Waals surface area contributed by atoms with Gasteiger partial charge in [0.05, 0.1) is 19.0 Å². The summed E-state index contributed by atoms with van der Waals surface area (Å²) in [7, 11) is 1.59. The first kappa shape index (κ1) is 15.4. The fraction of sp³-hybridized carbons (Fsp3) is 0.727. The molecule has 0 radical (unpaired) electrons. The van der Waals surface area contributed by atoms with E-state index in [4.69, 9.17) is 10.4 Å². The van der Waals surface area contributed by atoms with Crippen molar-refractivity contribution in [2.24, 2.45) is 5.92 Å². The minimum absolute atomic E-state index is 0.0307. The molecule has 0 spiro atoms. The predicted molar refractivity (Wildman–Crippen MR) is 62.1 cm³/mol. The van der Waals surface area contributed by atoms with Crippen molar-refractivity contribution in [1.82, 2.24) is 10.2 Å². The summed E-state index contributed by atoms with van der Waals surface area (Å²) in [5.41, 5.74) is 0. The lowest BCUT2D eigenvalue weighted by atomic mass is 10.1. The van der Waals surface area contributed by atoms with Crippen LogP contribution in [0.15, 0.2) is 0 Å². The van der Waals surface area contributed by atoms with Gasteiger partial charge in [-0.15, -0.1) is 0 Å². The minimum Gasteiger partial charge on any atom is -0.480 e. The van der Waals surface area contributed by atoms with Crippen LogP contribution in [0.25, 0.3) is 0 Å². The van der Waals surface area contributed by atoms with Crippen LogP contribution < -0.4 is 5.32 Å². The van der Waals surface area contributed by atoms with E-state index in [1.807, 2.05) is 6.07 Å². The first-order valence-electron chi connectivity index (χ1n) is 5.47. The summed E-state index contributed by atoms with van der Waals surface area (Å²) in [5, 5.41) is 20.0. The predicted octanol–water partition coefficient (Wildman–Crippen LogP) is 0.0573. The number of carboxylic acid groups (broad SMARTS) is 1. The highest BCUT2D eigenvalue weighted by Gasteiger charge is 2.22. The third kappa shape index (κ3) is 5.88. The van der Waals surface area contributed by atoms with Crippen LogP contribution in [-0.2, 0) is 9.59 Å². The second-order valence-electron chi connectivity index (χ2n) is 4.16. The van der Waals surface area contributed by atoms with Crippen LogP contribution in [0.5, 0.6) is 0 Å². The van der Waals surface area contributed by atoms with Crippen LogP contribution >= 0.6 is 0 Å². The molecule has 0 bridgehead atoms. The summed E-state index contributed by atoms with van der Waals surface area (Å²) in [6, 6.07) is 1.21. The SMILES string of the molecule is CC(C)C(NCC(=O)N(C)CCC#N)C(=O)O. The van der Waals surface area contributed by atoms with Gasteiger partial charge in [-0.1, -0.05) is 13.8 Å². The number of amides is 1. The number of carboxylic acids is 1. The van der Waals surface area contributed by atoms with Crippen molar-refractivity contribution >= 4 is 11.9 Å². The topological polar surface area (TPSA) is 93.4 Å². The number of carbonyl (C=O) groups is 2. The van der Waals surface area contributed by atoms with Crippen molar-refractivity contribution in [2.75, 3.05) is 20.1 Å². The van der Waals surface area contributed by atoms with E-state index >= 15 is 0 Å². The van der Waals surface area contributed by atoms with E-state index in [1.165, 1.54) is 4.90 Å². The van der Waals surface area contributed by atoms with Gasteiger partial charge in [0.25, 0.3) is 0 Å². The van der Waals surface area contributed by atoms with Gasteiger partial charge in [-0.3, -0.25) is 14.9 Å². The summed E-state index contributed by atoms with van der Waals surface area (Å²) < 4.78 is 0. The van der Waals surface area contributed by atoms with Crippen molar-refractivity contribution in [3.8, 4) is 6.07 Å². The number of hydrogen-bond acceptors (Lipinski definition) is 4. The lowest BCUT2D eigenvalue weighted by Gasteiger charge is -2.20. The van der Waals surface area contributed by atoms with E-state index in [0.29, 0.717) is 6.54 Å². The Morgan fingerprint density at radius 3 is 2.47 bits per heavy atom. The number of likely N-dealkylation sites (N-methyl/N-ethyl adjacent to an activating group) is 1. The third-order valence-corrected chi connectivity index (χ3v) is 2.39. The normalized spacial score (nSPS) is 11.9. The van der Waals surface area contributed by atoms with E-state index in [1.54, 1.807) is 20.9 Å². The van der Waals surface area contributed by atoms with Crippen LogP contribution in [0.2, 0.25) is 0 Å². The van der Waals surface area contributed by atoms with Crippen LogP contribution in [0, 0.1) is 17.2 Å². The van der Waals surface area contributed by atoms with Crippen molar-refractivity contribution in [2.45, 2.75) is 26.3 Å². The standard InChI is InChI=1S/C11H19N3O3/c1-8(2)10(11(16)17)13-7-9(15)14(3)6-4-5-12/h8,10,13H,4,6-7H2,1-3H3,(H,16,17). The molecular weight excluding hydrogens is 222 g/mol. The Morgan fingerprint density at radius 1 is 1.47 bits per heavy atom. The zero-order valence-electron chi connectivity index (χ0n) is 10.4. The Balaban J connectivity index is 4.13. The molecule has 1 amide bonds.